The highest BCUT2D eigenvalue weighted by molar-refractivity contribution is 6.29. The van der Waals surface area contributed by atoms with Crippen molar-refractivity contribution in [1.82, 2.24) is 19.7 Å². The quantitative estimate of drug-likeness (QED) is 0.335. The molecule has 6 nitrogen and oxygen atoms in total. The maximum Gasteiger partial charge on any atom is 0.158 e. The molecule has 0 unspecified atom stereocenters. The minimum Gasteiger partial charge on any atom is -0.411 e. The fraction of sp³-hybridized carbons (Fsp3) is 0.294. The summed E-state index contributed by atoms with van der Waals surface area (Å²) in [6.45, 7) is 6.85. The highest BCUT2D eigenvalue weighted by atomic mass is 35.5. The van der Waals surface area contributed by atoms with E-state index in [1.165, 1.54) is 6.21 Å². The van der Waals surface area contributed by atoms with Gasteiger partial charge >= 0.3 is 0 Å². The molecule has 0 spiro atoms. The molecule has 0 amide bonds. The van der Waals surface area contributed by atoms with E-state index in [-0.39, 0.29) is 5.92 Å². The smallest absolute Gasteiger partial charge is 0.158 e. The minimum atomic E-state index is 0.152. The van der Waals surface area contributed by atoms with Gasteiger partial charge in [-0.15, -0.1) is 0 Å². The molecule has 0 bridgehead atoms. The molecule has 3 heterocycles. The van der Waals surface area contributed by atoms with Crippen LogP contribution in [0.1, 0.15) is 37.9 Å². The van der Waals surface area contributed by atoms with Crippen molar-refractivity contribution in [2.45, 2.75) is 33.2 Å². The predicted octanol–water partition coefficient (Wildman–Crippen LogP) is 4.10. The van der Waals surface area contributed by atoms with Crippen LogP contribution < -0.4 is 0 Å². The number of halogens is 1. The number of hydrogen-bond acceptors (Lipinski definition) is 5. The molecule has 3 rings (SSSR count). The van der Waals surface area contributed by atoms with E-state index >= 15 is 0 Å². The third-order valence-corrected chi connectivity index (χ3v) is 4.11. The molecule has 0 saturated carbocycles. The molecule has 0 aromatic carbocycles. The zero-order chi connectivity index (χ0) is 17.3. The van der Waals surface area contributed by atoms with Gasteiger partial charge in [-0.1, -0.05) is 30.6 Å². The van der Waals surface area contributed by atoms with E-state index in [2.05, 4.69) is 29.1 Å². The molecule has 0 saturated heterocycles. The summed E-state index contributed by atoms with van der Waals surface area (Å²) in [6.07, 6.45) is 4.87. The van der Waals surface area contributed by atoms with Crippen molar-refractivity contribution in [3.05, 3.63) is 40.9 Å². The van der Waals surface area contributed by atoms with Crippen LogP contribution in [0.5, 0.6) is 0 Å². The number of pyridine rings is 2. The molecule has 3 aromatic rings. The van der Waals surface area contributed by atoms with E-state index in [1.54, 1.807) is 18.5 Å². The van der Waals surface area contributed by atoms with Crippen molar-refractivity contribution in [2.75, 3.05) is 0 Å². The second kappa shape index (κ2) is 6.57. The van der Waals surface area contributed by atoms with Crippen LogP contribution in [0.2, 0.25) is 5.15 Å². The van der Waals surface area contributed by atoms with Crippen molar-refractivity contribution >= 4 is 28.8 Å². The third-order valence-electron chi connectivity index (χ3n) is 3.90. The van der Waals surface area contributed by atoms with Gasteiger partial charge in [0.2, 0.25) is 0 Å². The lowest BCUT2D eigenvalue weighted by Gasteiger charge is -2.15. The van der Waals surface area contributed by atoms with Crippen molar-refractivity contribution in [3.63, 3.8) is 0 Å². The van der Waals surface area contributed by atoms with Gasteiger partial charge in [-0.25, -0.2) is 14.6 Å². The summed E-state index contributed by atoms with van der Waals surface area (Å²) < 4.78 is 1.85. The SMILES string of the molecule is CCn1ncc2c(-c3ccnc(Cl)c3)c(C=NO)c(C(C)C)nc21. The van der Waals surface area contributed by atoms with E-state index in [0.29, 0.717) is 5.15 Å². The van der Waals surface area contributed by atoms with Gasteiger partial charge in [-0.3, -0.25) is 0 Å². The average molecular weight is 344 g/mol. The number of oxime groups is 1. The zero-order valence-corrected chi connectivity index (χ0v) is 14.5. The molecule has 3 aromatic heterocycles. The van der Waals surface area contributed by atoms with Crippen molar-refractivity contribution in [3.8, 4) is 11.1 Å². The Hall–Kier alpha value is -2.47. The standard InChI is InChI=1S/C17H18ClN5O/c1-4-23-17-13(8-20-23)15(11-5-6-19-14(18)7-11)12(9-21-24)16(22-17)10(2)3/h5-10,24H,4H2,1-3H3. The predicted molar refractivity (Wildman–Crippen MR) is 94.9 cm³/mol. The van der Waals surface area contributed by atoms with Crippen molar-refractivity contribution < 1.29 is 5.21 Å². The lowest BCUT2D eigenvalue weighted by atomic mass is 9.93. The number of aryl methyl sites for hydroxylation is 1. The normalized spacial score (nSPS) is 11.9. The highest BCUT2D eigenvalue weighted by Gasteiger charge is 2.20. The first kappa shape index (κ1) is 16.4. The number of nitrogens with zero attached hydrogens (tertiary/aromatic N) is 5. The Labute approximate surface area is 144 Å². The zero-order valence-electron chi connectivity index (χ0n) is 13.7. The second-order valence-electron chi connectivity index (χ2n) is 5.75. The van der Waals surface area contributed by atoms with Gasteiger partial charge in [0.05, 0.1) is 18.1 Å². The Kier molecular flexibility index (Phi) is 4.49. The van der Waals surface area contributed by atoms with Crippen LogP contribution >= 0.6 is 11.6 Å². The minimum absolute atomic E-state index is 0.152. The van der Waals surface area contributed by atoms with E-state index in [4.69, 9.17) is 21.8 Å². The highest BCUT2D eigenvalue weighted by Crippen LogP contribution is 2.35. The number of rotatable bonds is 4. The third kappa shape index (κ3) is 2.73. The number of hydrogen-bond donors (Lipinski definition) is 1. The molecule has 0 radical (unpaired) electrons. The molecule has 124 valence electrons. The van der Waals surface area contributed by atoms with Crippen LogP contribution in [0.15, 0.2) is 29.7 Å². The molecular formula is C17H18ClN5O. The summed E-state index contributed by atoms with van der Waals surface area (Å²) in [5.41, 5.74) is 4.19. The van der Waals surface area contributed by atoms with Gasteiger partial charge < -0.3 is 5.21 Å². The van der Waals surface area contributed by atoms with Crippen LogP contribution in [0.3, 0.4) is 0 Å². The molecule has 7 heteroatoms. The first-order valence-electron chi connectivity index (χ1n) is 7.75. The average Bonchev–Trinajstić information content (AvgIpc) is 2.96. The van der Waals surface area contributed by atoms with Gasteiger partial charge in [0.1, 0.15) is 5.15 Å². The lowest BCUT2D eigenvalue weighted by Crippen LogP contribution is -2.06. The molecule has 1 N–H and O–H groups in total. The van der Waals surface area contributed by atoms with E-state index < -0.39 is 0 Å². The molecular weight excluding hydrogens is 326 g/mol. The summed E-state index contributed by atoms with van der Waals surface area (Å²) in [6, 6.07) is 3.67. The maximum atomic E-state index is 9.16. The Morgan fingerprint density at radius 1 is 1.42 bits per heavy atom. The molecule has 0 aliphatic carbocycles. The Morgan fingerprint density at radius 2 is 2.21 bits per heavy atom. The van der Waals surface area contributed by atoms with E-state index in [9.17, 15) is 0 Å². The molecule has 0 aliphatic rings. The lowest BCUT2D eigenvalue weighted by molar-refractivity contribution is 0.322. The number of aromatic nitrogens is 4. The summed E-state index contributed by atoms with van der Waals surface area (Å²) in [7, 11) is 0. The van der Waals surface area contributed by atoms with Gasteiger partial charge in [0, 0.05) is 29.3 Å². The molecule has 0 atom stereocenters. The summed E-state index contributed by atoms with van der Waals surface area (Å²) in [4.78, 5) is 8.83. The molecule has 0 aliphatic heterocycles. The molecule has 24 heavy (non-hydrogen) atoms. The monoisotopic (exact) mass is 343 g/mol. The fourth-order valence-corrected chi connectivity index (χ4v) is 3.02. The largest absolute Gasteiger partial charge is 0.411 e. The molecule has 0 fully saturated rings. The Morgan fingerprint density at radius 3 is 2.83 bits per heavy atom. The fourth-order valence-electron chi connectivity index (χ4n) is 2.85. The van der Waals surface area contributed by atoms with Crippen LogP contribution in [-0.4, -0.2) is 31.2 Å². The topological polar surface area (TPSA) is 76.2 Å². The van der Waals surface area contributed by atoms with Crippen LogP contribution in [0.25, 0.3) is 22.2 Å². The van der Waals surface area contributed by atoms with Crippen LogP contribution in [0.4, 0.5) is 0 Å². The Bertz CT molecular complexity index is 917. The van der Waals surface area contributed by atoms with Gasteiger partial charge in [0.25, 0.3) is 0 Å². The van der Waals surface area contributed by atoms with Gasteiger partial charge in [-0.05, 0) is 30.5 Å². The maximum absolute atomic E-state index is 9.16. The van der Waals surface area contributed by atoms with Crippen LogP contribution in [-0.2, 0) is 6.54 Å². The first-order valence-corrected chi connectivity index (χ1v) is 8.13. The van der Waals surface area contributed by atoms with Crippen molar-refractivity contribution in [1.29, 1.82) is 0 Å². The van der Waals surface area contributed by atoms with Crippen molar-refractivity contribution in [2.24, 2.45) is 5.16 Å². The summed E-state index contributed by atoms with van der Waals surface area (Å²) in [5, 5.41) is 18.1. The van der Waals surface area contributed by atoms with E-state index in [1.807, 2.05) is 17.7 Å². The first-order chi connectivity index (χ1) is 11.6. The second-order valence-corrected chi connectivity index (χ2v) is 6.14. The Balaban J connectivity index is 2.47. The van der Waals surface area contributed by atoms with Crippen LogP contribution in [0, 0.1) is 0 Å². The van der Waals surface area contributed by atoms with Gasteiger partial charge in [0.15, 0.2) is 5.65 Å². The van der Waals surface area contributed by atoms with E-state index in [0.717, 1.165) is 40.0 Å². The summed E-state index contributed by atoms with van der Waals surface area (Å²) >= 11 is 6.08. The number of fused-ring (bicyclic) bond motifs is 1. The summed E-state index contributed by atoms with van der Waals surface area (Å²) in [5.74, 6) is 0.152. The van der Waals surface area contributed by atoms with Gasteiger partial charge in [-0.2, -0.15) is 5.10 Å².